The molecule has 10 heteroatoms. The molecule has 3 heterocycles. The van der Waals surface area contributed by atoms with Crippen molar-refractivity contribution in [2.75, 3.05) is 25.1 Å². The van der Waals surface area contributed by atoms with Crippen molar-refractivity contribution in [2.45, 2.75) is 88.8 Å². The minimum Gasteiger partial charge on any atom is -0.455 e. The molecule has 3 aliphatic heterocycles. The second-order valence-corrected chi connectivity index (χ2v) is 15.4. The van der Waals surface area contributed by atoms with Crippen LogP contribution in [0.3, 0.4) is 0 Å². The van der Waals surface area contributed by atoms with Gasteiger partial charge in [-0.3, -0.25) is 19.2 Å². The fraction of sp³-hybridized carbons (Fsp3) is 0.455. The Bertz CT molecular complexity index is 1880. The highest BCUT2D eigenvalue weighted by molar-refractivity contribution is 6.05. The van der Waals surface area contributed by atoms with Crippen LogP contribution in [0.2, 0.25) is 0 Å². The lowest BCUT2D eigenvalue weighted by molar-refractivity contribution is -0.165. The third-order valence-electron chi connectivity index (χ3n) is 11.6. The summed E-state index contributed by atoms with van der Waals surface area (Å²) in [5.41, 5.74) is 0.0416. The summed E-state index contributed by atoms with van der Waals surface area (Å²) in [6.07, 6.45) is 3.95. The second-order valence-electron chi connectivity index (χ2n) is 15.4. The lowest BCUT2D eigenvalue weighted by atomic mass is 9.70. The second kappa shape index (κ2) is 16.3. The van der Waals surface area contributed by atoms with Crippen molar-refractivity contribution in [3.8, 4) is 0 Å². The summed E-state index contributed by atoms with van der Waals surface area (Å²) >= 11 is 0. The van der Waals surface area contributed by atoms with Crippen LogP contribution in [0.4, 0.5) is 5.69 Å². The number of rotatable bonds is 16. The number of ether oxygens (including phenoxy) is 2. The van der Waals surface area contributed by atoms with Crippen LogP contribution in [-0.2, 0) is 28.7 Å². The van der Waals surface area contributed by atoms with E-state index in [0.717, 1.165) is 10.8 Å². The number of aliphatic hydroxyl groups is 1. The Labute approximate surface area is 318 Å². The van der Waals surface area contributed by atoms with Gasteiger partial charge >= 0.3 is 5.97 Å². The van der Waals surface area contributed by atoms with E-state index in [1.54, 1.807) is 29.0 Å². The molecule has 3 aromatic rings. The summed E-state index contributed by atoms with van der Waals surface area (Å²) in [5.74, 6) is -3.35. The minimum absolute atomic E-state index is 0.103. The van der Waals surface area contributed by atoms with E-state index >= 15 is 4.79 Å². The number of likely N-dealkylation sites (N-methyl/N-ethyl adjacent to an activating group) is 1. The molecule has 3 amide bonds. The molecule has 286 valence electrons. The average molecular weight is 736 g/mol. The van der Waals surface area contributed by atoms with Gasteiger partial charge in [0.05, 0.1) is 36.6 Å². The normalized spacial score (nSPS) is 24.6. The molecule has 3 aromatic carbocycles. The maximum absolute atomic E-state index is 15.2. The van der Waals surface area contributed by atoms with E-state index in [0.29, 0.717) is 36.9 Å². The summed E-state index contributed by atoms with van der Waals surface area (Å²) in [6.45, 7) is 13.3. The molecule has 0 radical (unpaired) electrons. The molecule has 8 atom stereocenters. The van der Waals surface area contributed by atoms with Crippen molar-refractivity contribution in [3.63, 3.8) is 0 Å². The molecule has 1 N–H and O–H groups in total. The van der Waals surface area contributed by atoms with E-state index in [-0.39, 0.29) is 37.3 Å². The Hall–Kier alpha value is -4.80. The number of hydrogen-bond acceptors (Lipinski definition) is 7. The number of aliphatic hydroxyl groups excluding tert-OH is 1. The zero-order valence-electron chi connectivity index (χ0n) is 31.8. The molecule has 6 rings (SSSR count). The first-order valence-electron chi connectivity index (χ1n) is 19.1. The summed E-state index contributed by atoms with van der Waals surface area (Å²) in [6, 6.07) is 20.6. The highest BCUT2D eigenvalue weighted by atomic mass is 16.6. The van der Waals surface area contributed by atoms with Crippen LogP contribution in [0.15, 0.2) is 98.1 Å². The fourth-order valence-electron chi connectivity index (χ4n) is 8.92. The quantitative estimate of drug-likeness (QED) is 0.137. The molecule has 0 aromatic heterocycles. The molecule has 0 saturated carbocycles. The van der Waals surface area contributed by atoms with Gasteiger partial charge in [0, 0.05) is 25.7 Å². The highest BCUT2D eigenvalue weighted by Crippen LogP contribution is 2.59. The molecule has 1 spiro atoms. The van der Waals surface area contributed by atoms with Crippen molar-refractivity contribution in [1.29, 1.82) is 0 Å². The molecular formula is C44H53N3O7. The number of nitrogens with zero attached hydrogens (tertiary/aromatic N) is 3. The number of carbonyl (C=O) groups excluding carboxylic acids is 4. The van der Waals surface area contributed by atoms with E-state index in [9.17, 15) is 19.5 Å². The summed E-state index contributed by atoms with van der Waals surface area (Å²) in [7, 11) is 1.69. The number of hydrogen-bond donors (Lipinski definition) is 1. The Balaban J connectivity index is 1.38. The summed E-state index contributed by atoms with van der Waals surface area (Å²) < 4.78 is 13.2. The van der Waals surface area contributed by atoms with E-state index in [1.165, 1.54) is 4.90 Å². The zero-order valence-corrected chi connectivity index (χ0v) is 31.8. The van der Waals surface area contributed by atoms with Crippen LogP contribution >= 0.6 is 0 Å². The van der Waals surface area contributed by atoms with Gasteiger partial charge in [-0.05, 0) is 67.0 Å². The first-order chi connectivity index (χ1) is 26.0. The maximum Gasteiger partial charge on any atom is 0.313 e. The Morgan fingerprint density at radius 1 is 1.02 bits per heavy atom. The van der Waals surface area contributed by atoms with Gasteiger partial charge in [0.25, 0.3) is 5.91 Å². The molecule has 54 heavy (non-hydrogen) atoms. The molecular weight excluding hydrogens is 682 g/mol. The molecule has 3 aliphatic rings. The summed E-state index contributed by atoms with van der Waals surface area (Å²) in [5, 5.41) is 12.8. The van der Waals surface area contributed by atoms with Gasteiger partial charge in [-0.15, -0.1) is 13.2 Å². The Kier molecular flexibility index (Phi) is 11.7. The predicted octanol–water partition coefficient (Wildman–Crippen LogP) is 6.24. The first-order valence-corrected chi connectivity index (χ1v) is 19.1. The van der Waals surface area contributed by atoms with Gasteiger partial charge in [-0.2, -0.15) is 0 Å². The number of benzene rings is 3. The van der Waals surface area contributed by atoms with E-state index in [1.807, 2.05) is 93.6 Å². The lowest BCUT2D eigenvalue weighted by Gasteiger charge is -2.39. The van der Waals surface area contributed by atoms with Crippen LogP contribution in [0.25, 0.3) is 10.8 Å². The van der Waals surface area contributed by atoms with Crippen molar-refractivity contribution in [1.82, 2.24) is 9.80 Å². The lowest BCUT2D eigenvalue weighted by Crippen LogP contribution is -2.59. The zero-order chi connectivity index (χ0) is 38.7. The minimum atomic E-state index is -1.31. The third-order valence-corrected chi connectivity index (χ3v) is 11.6. The maximum atomic E-state index is 15.2. The third kappa shape index (κ3) is 7.09. The van der Waals surface area contributed by atoms with Crippen LogP contribution < -0.4 is 4.90 Å². The van der Waals surface area contributed by atoms with Gasteiger partial charge in [-0.25, -0.2) is 0 Å². The fourth-order valence-corrected chi connectivity index (χ4v) is 8.92. The van der Waals surface area contributed by atoms with Gasteiger partial charge in [0.15, 0.2) is 0 Å². The van der Waals surface area contributed by atoms with E-state index < -0.39 is 59.6 Å². The van der Waals surface area contributed by atoms with E-state index in [2.05, 4.69) is 13.2 Å². The van der Waals surface area contributed by atoms with Crippen molar-refractivity contribution < 1.29 is 33.8 Å². The molecule has 10 nitrogen and oxygen atoms in total. The monoisotopic (exact) mass is 735 g/mol. The van der Waals surface area contributed by atoms with Gasteiger partial charge < -0.3 is 29.3 Å². The topological polar surface area (TPSA) is 117 Å². The first kappa shape index (κ1) is 38.9. The largest absolute Gasteiger partial charge is 0.455 e. The van der Waals surface area contributed by atoms with Crippen molar-refractivity contribution in [3.05, 3.63) is 104 Å². The molecule has 3 fully saturated rings. The van der Waals surface area contributed by atoms with Gasteiger partial charge in [-0.1, -0.05) is 86.7 Å². The van der Waals surface area contributed by atoms with Crippen LogP contribution in [-0.4, -0.2) is 88.6 Å². The molecule has 0 aliphatic carbocycles. The SMILES string of the molecule is C=CCCC(=O)N(C)[C@@H](C)[C@@H](OC(=O)[C@@H]1[C@H]2C(=O)N([C@@H](CO)CC(C)C)[C@H](C(=O)N(CC=C)c3ccc4ccccc4c3)[C@]23CC[C@H]1O3)c1ccccc1. The smallest absolute Gasteiger partial charge is 0.313 e. The van der Waals surface area contributed by atoms with Crippen LogP contribution in [0.1, 0.15) is 64.5 Å². The van der Waals surface area contributed by atoms with Gasteiger partial charge in [0.1, 0.15) is 17.7 Å². The number of anilines is 1. The number of carbonyl (C=O) groups is 4. The van der Waals surface area contributed by atoms with Gasteiger partial charge in [0.2, 0.25) is 11.8 Å². The van der Waals surface area contributed by atoms with Crippen LogP contribution in [0, 0.1) is 17.8 Å². The number of amides is 3. The Morgan fingerprint density at radius 3 is 2.39 bits per heavy atom. The highest BCUT2D eigenvalue weighted by Gasteiger charge is 2.75. The number of allylic oxidation sites excluding steroid dienone is 1. The van der Waals surface area contributed by atoms with E-state index in [4.69, 9.17) is 9.47 Å². The number of likely N-dealkylation sites (tertiary alicyclic amines) is 1. The van der Waals surface area contributed by atoms with Crippen molar-refractivity contribution in [2.24, 2.45) is 17.8 Å². The molecule has 0 unspecified atom stereocenters. The summed E-state index contributed by atoms with van der Waals surface area (Å²) in [4.78, 5) is 62.5. The molecule has 2 bridgehead atoms. The van der Waals surface area contributed by atoms with Crippen molar-refractivity contribution >= 4 is 40.2 Å². The van der Waals surface area contributed by atoms with Crippen LogP contribution in [0.5, 0.6) is 0 Å². The Morgan fingerprint density at radius 2 is 1.72 bits per heavy atom. The average Bonchev–Trinajstić information content (AvgIpc) is 3.83. The standard InChI is InChI=1S/C44H53N3O7/c1-7-9-19-36(49)45(6)29(5)39(31-16-11-10-12-17-31)53-43(52)37-35-22-23-44(54-35)38(37)41(50)47(34(27-48)25-28(3)4)40(44)42(51)46(24-8-2)33-21-20-30-15-13-14-18-32(30)26-33/h7-8,10-18,20-21,26,28-29,34-35,37-40,48H,1-2,9,19,22-25,27H2,3-6H3/t29-,34+,35+,37-,38-,39+,40+,44-/m0/s1. The number of esters is 1. The molecule has 3 saturated heterocycles. The number of fused-ring (bicyclic) bond motifs is 2. The predicted molar refractivity (Wildman–Crippen MR) is 208 cm³/mol.